The molecule has 3 aromatic carbocycles. The maximum atomic E-state index is 12.9. The van der Waals surface area contributed by atoms with Gasteiger partial charge in [0, 0.05) is 16.8 Å². The number of nitrogens with one attached hydrogen (secondary N) is 2. The third-order valence-electron chi connectivity index (χ3n) is 4.26. The standard InChI is InChI=1S/C22H19N3O5S/c1-31(28,29)30-22(27)16-6-4-5-15(13-16)18-7-2-3-8-19(18)21(26)25-17-11-9-14(10-12-17)20(23)24/h2-13H,1H3,(H3,23,24)(H,25,26). The number of amides is 1. The minimum atomic E-state index is -3.95. The molecule has 0 bridgehead atoms. The Labute approximate surface area is 179 Å². The van der Waals surface area contributed by atoms with Gasteiger partial charge in [-0.05, 0) is 53.6 Å². The van der Waals surface area contributed by atoms with E-state index in [1.165, 1.54) is 12.1 Å². The number of benzene rings is 3. The van der Waals surface area contributed by atoms with Crippen molar-refractivity contribution in [1.29, 1.82) is 5.41 Å². The van der Waals surface area contributed by atoms with Gasteiger partial charge >= 0.3 is 16.1 Å². The van der Waals surface area contributed by atoms with Crippen LogP contribution in [0.5, 0.6) is 0 Å². The smallest absolute Gasteiger partial charge is 0.353 e. The molecule has 31 heavy (non-hydrogen) atoms. The van der Waals surface area contributed by atoms with Gasteiger partial charge in [-0.1, -0.05) is 30.3 Å². The number of carbonyl (C=O) groups is 2. The van der Waals surface area contributed by atoms with Gasteiger partial charge in [0.15, 0.2) is 0 Å². The third-order valence-corrected chi connectivity index (χ3v) is 4.72. The summed E-state index contributed by atoms with van der Waals surface area (Å²) in [4.78, 5) is 25.0. The lowest BCUT2D eigenvalue weighted by molar-refractivity contribution is 0.0748. The van der Waals surface area contributed by atoms with Crippen molar-refractivity contribution in [2.75, 3.05) is 11.6 Å². The molecule has 0 aliphatic carbocycles. The lowest BCUT2D eigenvalue weighted by Gasteiger charge is -2.12. The molecule has 8 nitrogen and oxygen atoms in total. The summed E-state index contributed by atoms with van der Waals surface area (Å²) in [6.45, 7) is 0. The van der Waals surface area contributed by atoms with Crippen LogP contribution in [0.25, 0.3) is 11.1 Å². The zero-order valence-corrected chi connectivity index (χ0v) is 17.3. The van der Waals surface area contributed by atoms with Gasteiger partial charge in [-0.25, -0.2) is 4.79 Å². The summed E-state index contributed by atoms with van der Waals surface area (Å²) in [7, 11) is -3.95. The maximum absolute atomic E-state index is 12.9. The van der Waals surface area contributed by atoms with Crippen molar-refractivity contribution in [3.8, 4) is 11.1 Å². The number of hydrogen-bond donors (Lipinski definition) is 3. The van der Waals surface area contributed by atoms with Gasteiger partial charge < -0.3 is 15.2 Å². The van der Waals surface area contributed by atoms with E-state index in [1.54, 1.807) is 60.7 Å². The molecule has 1 amide bonds. The SMILES string of the molecule is CS(=O)(=O)OC(=O)c1cccc(-c2ccccc2C(=O)Nc2ccc(C(=N)N)cc2)c1. The quantitative estimate of drug-likeness (QED) is 0.308. The summed E-state index contributed by atoms with van der Waals surface area (Å²) >= 11 is 0. The van der Waals surface area contributed by atoms with Crippen molar-refractivity contribution in [3.05, 3.63) is 89.5 Å². The molecule has 0 saturated heterocycles. The molecule has 0 heterocycles. The number of nitrogens with two attached hydrogens (primary N) is 1. The predicted molar refractivity (Wildman–Crippen MR) is 118 cm³/mol. The van der Waals surface area contributed by atoms with Crippen LogP contribution in [0.15, 0.2) is 72.8 Å². The van der Waals surface area contributed by atoms with Crippen LogP contribution in [0.3, 0.4) is 0 Å². The fourth-order valence-corrected chi connectivity index (χ4v) is 3.23. The second-order valence-corrected chi connectivity index (χ2v) is 8.22. The number of amidine groups is 1. The van der Waals surface area contributed by atoms with Gasteiger partial charge in [0.1, 0.15) is 5.84 Å². The van der Waals surface area contributed by atoms with E-state index in [0.717, 1.165) is 6.26 Å². The Morgan fingerprint density at radius 2 is 1.61 bits per heavy atom. The molecule has 0 aliphatic heterocycles. The van der Waals surface area contributed by atoms with E-state index in [9.17, 15) is 18.0 Å². The van der Waals surface area contributed by atoms with Crippen LogP contribution in [0.1, 0.15) is 26.3 Å². The molecule has 9 heteroatoms. The zero-order chi connectivity index (χ0) is 22.6. The average molecular weight is 437 g/mol. The van der Waals surface area contributed by atoms with E-state index in [1.807, 2.05) is 0 Å². The number of hydrogen-bond acceptors (Lipinski definition) is 6. The van der Waals surface area contributed by atoms with E-state index in [0.29, 0.717) is 27.9 Å². The largest absolute Gasteiger partial charge is 0.384 e. The first kappa shape index (κ1) is 21.7. The van der Waals surface area contributed by atoms with Crippen molar-refractivity contribution < 1.29 is 22.2 Å². The zero-order valence-electron chi connectivity index (χ0n) is 16.5. The number of rotatable bonds is 6. The van der Waals surface area contributed by atoms with E-state index >= 15 is 0 Å². The molecule has 0 aromatic heterocycles. The molecule has 158 valence electrons. The number of nitrogen functional groups attached to an aromatic ring is 1. The molecule has 0 spiro atoms. The van der Waals surface area contributed by atoms with Crippen LogP contribution >= 0.6 is 0 Å². The molecule has 0 atom stereocenters. The Bertz CT molecular complexity index is 1270. The van der Waals surface area contributed by atoms with Gasteiger partial charge in [0.05, 0.1) is 11.8 Å². The van der Waals surface area contributed by atoms with Gasteiger partial charge in [-0.15, -0.1) is 0 Å². The Hall–Kier alpha value is -3.98. The van der Waals surface area contributed by atoms with Crippen molar-refractivity contribution in [1.82, 2.24) is 0 Å². The van der Waals surface area contributed by atoms with Gasteiger partial charge in [-0.3, -0.25) is 10.2 Å². The summed E-state index contributed by atoms with van der Waals surface area (Å²) in [5.74, 6) is -1.45. The Kier molecular flexibility index (Phi) is 6.17. The molecule has 0 aliphatic rings. The van der Waals surface area contributed by atoms with Gasteiger partial charge in [0.25, 0.3) is 5.91 Å². The topological polar surface area (TPSA) is 139 Å². The van der Waals surface area contributed by atoms with Gasteiger partial charge in [-0.2, -0.15) is 8.42 Å². The average Bonchev–Trinajstić information content (AvgIpc) is 2.73. The Balaban J connectivity index is 1.90. The van der Waals surface area contributed by atoms with Crippen molar-refractivity contribution >= 4 is 33.5 Å². The van der Waals surface area contributed by atoms with Crippen molar-refractivity contribution in [2.45, 2.75) is 0 Å². The summed E-state index contributed by atoms with van der Waals surface area (Å²) in [6, 6.07) is 19.5. The summed E-state index contributed by atoms with van der Waals surface area (Å²) in [5.41, 5.74) is 7.98. The highest BCUT2D eigenvalue weighted by atomic mass is 32.2. The molecule has 0 fully saturated rings. The first-order chi connectivity index (χ1) is 14.6. The van der Waals surface area contributed by atoms with Crippen molar-refractivity contribution in [2.24, 2.45) is 5.73 Å². The fourth-order valence-electron chi connectivity index (χ4n) is 2.86. The predicted octanol–water partition coefficient (Wildman–Crippen LogP) is 3.01. The first-order valence-electron chi connectivity index (χ1n) is 9.03. The second kappa shape index (κ2) is 8.80. The van der Waals surface area contributed by atoms with Crippen LogP contribution in [0.4, 0.5) is 5.69 Å². The molecule has 0 unspecified atom stereocenters. The summed E-state index contributed by atoms with van der Waals surface area (Å²) in [6.07, 6.45) is 0.789. The van der Waals surface area contributed by atoms with Crippen LogP contribution in [-0.4, -0.2) is 32.4 Å². The molecule has 4 N–H and O–H groups in total. The van der Waals surface area contributed by atoms with Crippen LogP contribution in [0, 0.1) is 5.41 Å². The highest BCUT2D eigenvalue weighted by Crippen LogP contribution is 2.26. The number of carbonyl (C=O) groups excluding carboxylic acids is 2. The van der Waals surface area contributed by atoms with Crippen LogP contribution in [-0.2, 0) is 14.3 Å². The minimum Gasteiger partial charge on any atom is -0.384 e. The number of anilines is 1. The molecule has 3 rings (SSSR count). The second-order valence-electron chi connectivity index (χ2n) is 6.65. The van der Waals surface area contributed by atoms with Gasteiger partial charge in [0.2, 0.25) is 0 Å². The Morgan fingerprint density at radius 1 is 0.935 bits per heavy atom. The molecule has 3 aromatic rings. The summed E-state index contributed by atoms with van der Waals surface area (Å²) in [5, 5.41) is 10.2. The van der Waals surface area contributed by atoms with Crippen molar-refractivity contribution in [3.63, 3.8) is 0 Å². The maximum Gasteiger partial charge on any atom is 0.353 e. The molecule has 0 saturated carbocycles. The minimum absolute atomic E-state index is 0.0398. The lowest BCUT2D eigenvalue weighted by atomic mass is 9.97. The molecule has 0 radical (unpaired) electrons. The summed E-state index contributed by atoms with van der Waals surface area (Å²) < 4.78 is 26.9. The highest BCUT2D eigenvalue weighted by Gasteiger charge is 2.17. The Morgan fingerprint density at radius 3 is 2.26 bits per heavy atom. The van der Waals surface area contributed by atoms with E-state index < -0.39 is 16.1 Å². The van der Waals surface area contributed by atoms with E-state index in [4.69, 9.17) is 11.1 Å². The van der Waals surface area contributed by atoms with Crippen LogP contribution in [0.2, 0.25) is 0 Å². The fraction of sp³-hybridized carbons (Fsp3) is 0.0455. The van der Waals surface area contributed by atoms with E-state index in [-0.39, 0.29) is 17.3 Å². The third kappa shape index (κ3) is 5.55. The molecular weight excluding hydrogens is 418 g/mol. The monoisotopic (exact) mass is 437 g/mol. The first-order valence-corrected chi connectivity index (χ1v) is 10.8. The van der Waals surface area contributed by atoms with E-state index in [2.05, 4.69) is 9.50 Å². The lowest BCUT2D eigenvalue weighted by Crippen LogP contribution is -2.14. The molecular formula is C22H19N3O5S. The normalized spacial score (nSPS) is 10.9. The van der Waals surface area contributed by atoms with Crippen LogP contribution < -0.4 is 11.1 Å². The highest BCUT2D eigenvalue weighted by molar-refractivity contribution is 7.86.